The lowest BCUT2D eigenvalue weighted by atomic mass is 10.1. The predicted octanol–water partition coefficient (Wildman–Crippen LogP) is 4.47. The molecule has 0 spiro atoms. The van der Waals surface area contributed by atoms with Gasteiger partial charge in [-0.15, -0.1) is 23.1 Å². The topological polar surface area (TPSA) is 20.3 Å². The average molecular weight is 338 g/mol. The molecule has 1 aromatic carbocycles. The molecule has 0 atom stereocenters. The van der Waals surface area contributed by atoms with Crippen LogP contribution in [0, 0.1) is 0 Å². The molecule has 3 rings (SSSR count). The molecule has 1 aliphatic heterocycles. The van der Waals surface area contributed by atoms with E-state index in [1.807, 2.05) is 29.2 Å². The molecule has 2 heterocycles. The van der Waals surface area contributed by atoms with Gasteiger partial charge >= 0.3 is 0 Å². The Morgan fingerprint density at radius 1 is 1.29 bits per heavy atom. The van der Waals surface area contributed by atoms with Crippen molar-refractivity contribution in [2.24, 2.45) is 0 Å². The first kappa shape index (κ1) is 14.9. The Morgan fingerprint density at radius 3 is 2.90 bits per heavy atom. The summed E-state index contributed by atoms with van der Waals surface area (Å²) in [6.45, 7) is 1.64. The standard InChI is InChI=1S/C16H16ClNOS2/c17-13-1-3-14(4-2-13)20-10-7-16(19)18-8-5-15-12(11-18)6-9-21-15/h1-4,6,9H,5,7-8,10-11H2. The molecule has 1 aromatic heterocycles. The second kappa shape index (κ2) is 6.86. The van der Waals surface area contributed by atoms with Crippen LogP contribution in [0.1, 0.15) is 16.9 Å². The van der Waals surface area contributed by atoms with E-state index >= 15 is 0 Å². The zero-order chi connectivity index (χ0) is 14.7. The van der Waals surface area contributed by atoms with Gasteiger partial charge in [0.1, 0.15) is 0 Å². The van der Waals surface area contributed by atoms with Crippen LogP contribution < -0.4 is 0 Å². The number of thiophene rings is 1. The van der Waals surface area contributed by atoms with Crippen molar-refractivity contribution in [1.29, 1.82) is 0 Å². The zero-order valence-corrected chi connectivity index (χ0v) is 13.9. The first-order valence-corrected chi connectivity index (χ1v) is 9.18. The van der Waals surface area contributed by atoms with Crippen LogP contribution in [0.25, 0.3) is 0 Å². The van der Waals surface area contributed by atoms with Gasteiger partial charge in [0.15, 0.2) is 0 Å². The van der Waals surface area contributed by atoms with Crippen molar-refractivity contribution in [3.8, 4) is 0 Å². The first-order chi connectivity index (χ1) is 10.2. The van der Waals surface area contributed by atoms with Gasteiger partial charge in [0.25, 0.3) is 0 Å². The monoisotopic (exact) mass is 337 g/mol. The van der Waals surface area contributed by atoms with Crippen LogP contribution in [0.2, 0.25) is 5.02 Å². The Balaban J connectivity index is 1.48. The summed E-state index contributed by atoms with van der Waals surface area (Å²) in [4.78, 5) is 16.9. The van der Waals surface area contributed by atoms with E-state index in [-0.39, 0.29) is 5.91 Å². The van der Waals surface area contributed by atoms with Crippen LogP contribution in [0.5, 0.6) is 0 Å². The highest BCUT2D eigenvalue weighted by Gasteiger charge is 2.20. The van der Waals surface area contributed by atoms with Gasteiger partial charge in [0.2, 0.25) is 5.91 Å². The lowest BCUT2D eigenvalue weighted by Gasteiger charge is -2.27. The molecule has 0 N–H and O–H groups in total. The number of amides is 1. The summed E-state index contributed by atoms with van der Waals surface area (Å²) in [5.41, 5.74) is 1.32. The number of carbonyl (C=O) groups excluding carboxylic acids is 1. The third-order valence-electron chi connectivity index (χ3n) is 3.56. The summed E-state index contributed by atoms with van der Waals surface area (Å²) in [6, 6.07) is 9.90. The molecule has 2 nitrogen and oxygen atoms in total. The van der Waals surface area contributed by atoms with Gasteiger partial charge < -0.3 is 4.90 Å². The lowest BCUT2D eigenvalue weighted by molar-refractivity contribution is -0.131. The minimum Gasteiger partial charge on any atom is -0.338 e. The molecule has 1 amide bonds. The zero-order valence-electron chi connectivity index (χ0n) is 11.5. The number of halogens is 1. The van der Waals surface area contributed by atoms with E-state index in [1.165, 1.54) is 10.4 Å². The van der Waals surface area contributed by atoms with Gasteiger partial charge in [-0.2, -0.15) is 0 Å². The van der Waals surface area contributed by atoms with Crippen LogP contribution in [0.4, 0.5) is 0 Å². The van der Waals surface area contributed by atoms with E-state index in [0.29, 0.717) is 6.42 Å². The van der Waals surface area contributed by atoms with E-state index in [9.17, 15) is 4.79 Å². The number of nitrogens with zero attached hydrogens (tertiary/aromatic N) is 1. The number of rotatable bonds is 4. The van der Waals surface area contributed by atoms with Crippen molar-refractivity contribution in [3.05, 3.63) is 51.2 Å². The van der Waals surface area contributed by atoms with Crippen molar-refractivity contribution in [2.75, 3.05) is 12.3 Å². The Bertz CT molecular complexity index is 623. The van der Waals surface area contributed by atoms with E-state index in [1.54, 1.807) is 23.1 Å². The third kappa shape index (κ3) is 3.82. The van der Waals surface area contributed by atoms with Crippen molar-refractivity contribution in [1.82, 2.24) is 4.90 Å². The van der Waals surface area contributed by atoms with Crippen LogP contribution >= 0.6 is 34.7 Å². The highest BCUT2D eigenvalue weighted by atomic mass is 35.5. The molecule has 21 heavy (non-hydrogen) atoms. The average Bonchev–Trinajstić information content (AvgIpc) is 2.96. The molecule has 0 saturated carbocycles. The minimum atomic E-state index is 0.258. The quantitative estimate of drug-likeness (QED) is 0.767. The summed E-state index contributed by atoms with van der Waals surface area (Å²) in [6.07, 6.45) is 1.59. The van der Waals surface area contributed by atoms with E-state index < -0.39 is 0 Å². The van der Waals surface area contributed by atoms with Crippen LogP contribution in [0.3, 0.4) is 0 Å². The highest BCUT2D eigenvalue weighted by Crippen LogP contribution is 2.25. The maximum absolute atomic E-state index is 12.3. The van der Waals surface area contributed by atoms with Gasteiger partial charge in [-0.25, -0.2) is 0 Å². The molecule has 0 bridgehead atoms. The summed E-state index contributed by atoms with van der Waals surface area (Å²) in [5.74, 6) is 1.07. The van der Waals surface area contributed by atoms with Crippen molar-refractivity contribution in [3.63, 3.8) is 0 Å². The van der Waals surface area contributed by atoms with Crippen molar-refractivity contribution in [2.45, 2.75) is 24.3 Å². The maximum Gasteiger partial charge on any atom is 0.223 e. The van der Waals surface area contributed by atoms with E-state index in [2.05, 4.69) is 11.4 Å². The Kier molecular flexibility index (Phi) is 4.88. The summed E-state index contributed by atoms with van der Waals surface area (Å²) in [7, 11) is 0. The molecule has 0 unspecified atom stereocenters. The fourth-order valence-corrected chi connectivity index (χ4v) is 4.26. The first-order valence-electron chi connectivity index (χ1n) is 6.94. The summed E-state index contributed by atoms with van der Waals surface area (Å²) >= 11 is 9.37. The van der Waals surface area contributed by atoms with Crippen molar-refractivity contribution < 1.29 is 4.79 Å². The van der Waals surface area contributed by atoms with E-state index in [4.69, 9.17) is 11.6 Å². The Hall–Kier alpha value is -0.970. The highest BCUT2D eigenvalue weighted by molar-refractivity contribution is 7.99. The van der Waals surface area contributed by atoms with Gasteiger partial charge in [0.05, 0.1) is 0 Å². The largest absolute Gasteiger partial charge is 0.338 e. The molecular weight excluding hydrogens is 322 g/mol. The second-order valence-electron chi connectivity index (χ2n) is 4.99. The molecule has 1 aliphatic rings. The molecule has 0 radical (unpaired) electrons. The van der Waals surface area contributed by atoms with Gasteiger partial charge in [-0.1, -0.05) is 11.6 Å². The lowest BCUT2D eigenvalue weighted by Crippen LogP contribution is -2.35. The molecule has 5 heteroatoms. The summed E-state index contributed by atoms with van der Waals surface area (Å²) in [5, 5.41) is 2.87. The maximum atomic E-state index is 12.3. The van der Waals surface area contributed by atoms with Gasteiger partial charge in [0, 0.05) is 40.1 Å². The SMILES string of the molecule is O=C(CCSc1ccc(Cl)cc1)N1CCc2sccc2C1. The number of thioether (sulfide) groups is 1. The Morgan fingerprint density at radius 2 is 2.10 bits per heavy atom. The van der Waals surface area contributed by atoms with Crippen LogP contribution in [-0.2, 0) is 17.8 Å². The van der Waals surface area contributed by atoms with E-state index in [0.717, 1.165) is 35.2 Å². The predicted molar refractivity (Wildman–Crippen MR) is 90.2 cm³/mol. The minimum absolute atomic E-state index is 0.258. The molecule has 2 aromatic rings. The molecule has 0 saturated heterocycles. The molecular formula is C16H16ClNOS2. The number of benzene rings is 1. The molecule has 0 aliphatic carbocycles. The van der Waals surface area contributed by atoms with Crippen LogP contribution in [-0.4, -0.2) is 23.1 Å². The smallest absolute Gasteiger partial charge is 0.223 e. The Labute approximate surface area is 138 Å². The van der Waals surface area contributed by atoms with Gasteiger partial charge in [-0.05, 0) is 47.7 Å². The second-order valence-corrected chi connectivity index (χ2v) is 7.59. The third-order valence-corrected chi connectivity index (χ3v) is 5.85. The number of carbonyl (C=O) groups is 1. The van der Waals surface area contributed by atoms with Crippen molar-refractivity contribution >= 4 is 40.6 Å². The number of hydrogen-bond donors (Lipinski definition) is 0. The fraction of sp³-hybridized carbons (Fsp3) is 0.312. The molecule has 110 valence electrons. The summed E-state index contributed by atoms with van der Waals surface area (Å²) < 4.78 is 0. The fourth-order valence-electron chi connectivity index (χ4n) is 2.41. The van der Waals surface area contributed by atoms with Crippen LogP contribution in [0.15, 0.2) is 40.6 Å². The number of hydrogen-bond acceptors (Lipinski definition) is 3. The number of fused-ring (bicyclic) bond motifs is 1. The molecule has 0 fully saturated rings. The van der Waals surface area contributed by atoms with Gasteiger partial charge in [-0.3, -0.25) is 4.79 Å². The normalized spacial score (nSPS) is 14.0.